The third-order valence-corrected chi connectivity index (χ3v) is 4.20. The first kappa shape index (κ1) is 14.7. The van der Waals surface area contributed by atoms with Crippen molar-refractivity contribution in [1.82, 2.24) is 24.6 Å². The predicted molar refractivity (Wildman–Crippen MR) is 84.1 cm³/mol. The Morgan fingerprint density at radius 2 is 2.05 bits per heavy atom. The second-order valence-electron chi connectivity index (χ2n) is 5.85. The van der Waals surface area contributed by atoms with Gasteiger partial charge in [-0.3, -0.25) is 4.79 Å². The van der Waals surface area contributed by atoms with Crippen LogP contribution in [0.2, 0.25) is 0 Å². The molecule has 1 aromatic carbocycles. The van der Waals surface area contributed by atoms with Gasteiger partial charge in [0.15, 0.2) is 0 Å². The minimum absolute atomic E-state index is 0.113. The number of benzene rings is 1. The van der Waals surface area contributed by atoms with Crippen molar-refractivity contribution in [3.05, 3.63) is 42.0 Å². The van der Waals surface area contributed by atoms with Crippen LogP contribution in [0.25, 0.3) is 5.69 Å². The monoisotopic (exact) mass is 299 g/mol. The Bertz CT molecular complexity index is 666. The molecule has 1 saturated heterocycles. The molecule has 2 heterocycles. The average molecular weight is 299 g/mol. The number of rotatable bonds is 3. The maximum absolute atomic E-state index is 12.6. The Hall–Kier alpha value is -2.21. The molecular formula is C16H21N5O. The molecule has 0 radical (unpaired) electrons. The van der Waals surface area contributed by atoms with E-state index in [0.717, 1.165) is 25.2 Å². The molecule has 116 valence electrons. The van der Waals surface area contributed by atoms with Crippen LogP contribution in [0.1, 0.15) is 22.9 Å². The standard InChI is InChI=1S/C16H21N5O/c1-12-17-15(18-21(12)13-7-5-4-6-8-13)16(22)20(3)14-9-10-19(2)11-14/h4-8,14H,9-11H2,1-3H3. The zero-order valence-electron chi connectivity index (χ0n) is 13.2. The van der Waals surface area contributed by atoms with Crippen LogP contribution >= 0.6 is 0 Å². The van der Waals surface area contributed by atoms with Gasteiger partial charge in [-0.15, -0.1) is 5.10 Å². The lowest BCUT2D eigenvalue weighted by Crippen LogP contribution is -2.39. The van der Waals surface area contributed by atoms with Gasteiger partial charge in [0.05, 0.1) is 5.69 Å². The third kappa shape index (κ3) is 2.74. The number of likely N-dealkylation sites (N-methyl/N-ethyl adjacent to an activating group) is 2. The van der Waals surface area contributed by atoms with Crippen molar-refractivity contribution in [2.24, 2.45) is 0 Å². The van der Waals surface area contributed by atoms with E-state index in [9.17, 15) is 4.79 Å². The molecule has 22 heavy (non-hydrogen) atoms. The summed E-state index contributed by atoms with van der Waals surface area (Å²) >= 11 is 0. The average Bonchev–Trinajstić information content (AvgIpc) is 3.13. The van der Waals surface area contributed by atoms with Crippen molar-refractivity contribution < 1.29 is 4.79 Å². The molecule has 2 aromatic rings. The molecule has 1 amide bonds. The summed E-state index contributed by atoms with van der Waals surface area (Å²) in [7, 11) is 3.91. The fourth-order valence-electron chi connectivity index (χ4n) is 2.85. The number of nitrogens with zero attached hydrogens (tertiary/aromatic N) is 5. The first-order valence-corrected chi connectivity index (χ1v) is 7.51. The number of carbonyl (C=O) groups is 1. The Morgan fingerprint density at radius 3 is 2.68 bits per heavy atom. The van der Waals surface area contributed by atoms with Crippen molar-refractivity contribution in [2.75, 3.05) is 27.2 Å². The highest BCUT2D eigenvalue weighted by Gasteiger charge is 2.29. The van der Waals surface area contributed by atoms with Crippen molar-refractivity contribution in [2.45, 2.75) is 19.4 Å². The maximum Gasteiger partial charge on any atom is 0.293 e. The highest BCUT2D eigenvalue weighted by atomic mass is 16.2. The molecule has 6 nitrogen and oxygen atoms in total. The zero-order valence-corrected chi connectivity index (χ0v) is 13.2. The second kappa shape index (κ2) is 5.88. The van der Waals surface area contributed by atoms with E-state index in [1.807, 2.05) is 44.3 Å². The highest BCUT2D eigenvalue weighted by molar-refractivity contribution is 5.90. The molecule has 1 atom stereocenters. The van der Waals surface area contributed by atoms with Crippen molar-refractivity contribution >= 4 is 5.91 Å². The normalized spacial score (nSPS) is 18.6. The quantitative estimate of drug-likeness (QED) is 0.858. The van der Waals surface area contributed by atoms with Crippen LogP contribution in [0.15, 0.2) is 30.3 Å². The number of amides is 1. The molecule has 1 aromatic heterocycles. The molecule has 0 spiro atoms. The van der Waals surface area contributed by atoms with Gasteiger partial charge in [0.1, 0.15) is 5.82 Å². The zero-order chi connectivity index (χ0) is 15.7. The summed E-state index contributed by atoms with van der Waals surface area (Å²) in [6, 6.07) is 9.97. The van der Waals surface area contributed by atoms with Gasteiger partial charge in [-0.25, -0.2) is 9.67 Å². The minimum Gasteiger partial charge on any atom is -0.335 e. The van der Waals surface area contributed by atoms with Crippen molar-refractivity contribution in [3.63, 3.8) is 0 Å². The van der Waals surface area contributed by atoms with Crippen LogP contribution in [0.4, 0.5) is 0 Å². The lowest BCUT2D eigenvalue weighted by molar-refractivity contribution is 0.0725. The third-order valence-electron chi connectivity index (χ3n) is 4.20. The van der Waals surface area contributed by atoms with E-state index >= 15 is 0 Å². The van der Waals surface area contributed by atoms with Gasteiger partial charge >= 0.3 is 0 Å². The molecule has 0 N–H and O–H groups in total. The number of aromatic nitrogens is 3. The number of hydrogen-bond donors (Lipinski definition) is 0. The first-order valence-electron chi connectivity index (χ1n) is 7.51. The van der Waals surface area contributed by atoms with Crippen molar-refractivity contribution in [1.29, 1.82) is 0 Å². The van der Waals surface area contributed by atoms with Gasteiger partial charge in [0.2, 0.25) is 5.82 Å². The highest BCUT2D eigenvalue weighted by Crippen LogP contribution is 2.15. The molecule has 0 bridgehead atoms. The summed E-state index contributed by atoms with van der Waals surface area (Å²) in [6.07, 6.45) is 0.997. The van der Waals surface area contributed by atoms with Crippen LogP contribution in [0.3, 0.4) is 0 Å². The van der Waals surface area contributed by atoms with Crippen molar-refractivity contribution in [3.8, 4) is 5.69 Å². The molecule has 0 saturated carbocycles. The number of carbonyl (C=O) groups excluding carboxylic acids is 1. The van der Waals surface area contributed by atoms with Gasteiger partial charge in [-0.1, -0.05) is 18.2 Å². The Balaban J connectivity index is 1.82. The summed E-state index contributed by atoms with van der Waals surface area (Å²) in [4.78, 5) is 21.0. The number of aryl methyl sites for hydroxylation is 1. The SMILES string of the molecule is Cc1nc(C(=O)N(C)C2CCN(C)C2)nn1-c1ccccc1. The molecule has 1 unspecified atom stereocenters. The molecule has 1 aliphatic rings. The molecular weight excluding hydrogens is 278 g/mol. The van der Waals surface area contributed by atoms with Crippen LogP contribution in [0, 0.1) is 6.92 Å². The van der Waals surface area contributed by atoms with Crippen LogP contribution in [-0.4, -0.2) is 63.7 Å². The summed E-state index contributed by atoms with van der Waals surface area (Å²) < 4.78 is 1.71. The maximum atomic E-state index is 12.6. The van der Waals surface area contributed by atoms with Crippen LogP contribution in [0.5, 0.6) is 0 Å². The van der Waals surface area contributed by atoms with Gasteiger partial charge in [0, 0.05) is 19.6 Å². The fourth-order valence-corrected chi connectivity index (χ4v) is 2.85. The van der Waals surface area contributed by atoms with Crippen LogP contribution < -0.4 is 0 Å². The molecule has 3 rings (SSSR count). The second-order valence-corrected chi connectivity index (χ2v) is 5.85. The predicted octanol–water partition coefficient (Wildman–Crippen LogP) is 1.35. The minimum atomic E-state index is -0.113. The Kier molecular flexibility index (Phi) is 3.94. The largest absolute Gasteiger partial charge is 0.335 e. The lowest BCUT2D eigenvalue weighted by Gasteiger charge is -2.22. The number of hydrogen-bond acceptors (Lipinski definition) is 4. The van der Waals surface area contributed by atoms with E-state index in [4.69, 9.17) is 0 Å². The summed E-state index contributed by atoms with van der Waals surface area (Å²) in [6.45, 7) is 3.79. The van der Waals surface area contributed by atoms with E-state index in [2.05, 4.69) is 22.0 Å². The van der Waals surface area contributed by atoms with E-state index in [1.54, 1.807) is 9.58 Å². The number of para-hydroxylation sites is 1. The summed E-state index contributed by atoms with van der Waals surface area (Å²) in [5.41, 5.74) is 0.912. The number of likely N-dealkylation sites (tertiary alicyclic amines) is 1. The van der Waals surface area contributed by atoms with E-state index in [0.29, 0.717) is 5.82 Å². The van der Waals surface area contributed by atoms with E-state index < -0.39 is 0 Å². The molecule has 6 heteroatoms. The Morgan fingerprint density at radius 1 is 1.32 bits per heavy atom. The molecule has 1 aliphatic heterocycles. The van der Waals surface area contributed by atoms with E-state index in [-0.39, 0.29) is 17.8 Å². The first-order chi connectivity index (χ1) is 10.6. The Labute approximate surface area is 130 Å². The van der Waals surface area contributed by atoms with Gasteiger partial charge in [-0.05, 0) is 39.1 Å². The van der Waals surface area contributed by atoms with Gasteiger partial charge in [0.25, 0.3) is 5.91 Å². The van der Waals surface area contributed by atoms with E-state index in [1.165, 1.54) is 0 Å². The fraction of sp³-hybridized carbons (Fsp3) is 0.438. The smallest absolute Gasteiger partial charge is 0.293 e. The molecule has 1 fully saturated rings. The van der Waals surface area contributed by atoms with Crippen LogP contribution in [-0.2, 0) is 0 Å². The van der Waals surface area contributed by atoms with Gasteiger partial charge < -0.3 is 9.80 Å². The lowest BCUT2D eigenvalue weighted by atomic mass is 10.2. The summed E-state index contributed by atoms with van der Waals surface area (Å²) in [5.74, 6) is 0.864. The van der Waals surface area contributed by atoms with Gasteiger partial charge in [-0.2, -0.15) is 0 Å². The topological polar surface area (TPSA) is 54.3 Å². The summed E-state index contributed by atoms with van der Waals surface area (Å²) in [5, 5.41) is 4.39. The molecule has 0 aliphatic carbocycles.